The molecule has 1 atom stereocenters. The van der Waals surface area contributed by atoms with Gasteiger partial charge < -0.3 is 14.8 Å². The van der Waals surface area contributed by atoms with E-state index in [1.54, 1.807) is 6.07 Å². The zero-order valence-corrected chi connectivity index (χ0v) is 18.9. The number of halogens is 3. The molecule has 0 aliphatic rings. The normalized spacial score (nSPS) is 12.0. The second kappa shape index (κ2) is 11.8. The van der Waals surface area contributed by atoms with E-state index in [1.165, 1.54) is 25.4 Å². The molecule has 0 radical (unpaired) electrons. The minimum absolute atomic E-state index is 0.0270. The number of carbonyl (C=O) groups is 1. The number of benzene rings is 1. The van der Waals surface area contributed by atoms with Gasteiger partial charge in [0.2, 0.25) is 5.88 Å². The van der Waals surface area contributed by atoms with Crippen LogP contribution in [0.3, 0.4) is 0 Å². The number of nitrogens with one attached hydrogen (secondary N) is 3. The highest BCUT2D eigenvalue weighted by molar-refractivity contribution is 7.80. The van der Waals surface area contributed by atoms with Crippen molar-refractivity contribution in [1.29, 1.82) is 0 Å². The predicted molar refractivity (Wildman–Crippen MR) is 119 cm³/mol. The van der Waals surface area contributed by atoms with Gasteiger partial charge in [-0.25, -0.2) is 19.1 Å². The molecule has 10 nitrogen and oxygen atoms in total. The van der Waals surface area contributed by atoms with E-state index in [0.29, 0.717) is 17.6 Å². The lowest BCUT2D eigenvalue weighted by Gasteiger charge is -2.12. The van der Waals surface area contributed by atoms with Crippen molar-refractivity contribution >= 4 is 51.0 Å². The van der Waals surface area contributed by atoms with Crippen LogP contribution in [-0.4, -0.2) is 58.0 Å². The lowest BCUT2D eigenvalue weighted by atomic mass is 10.1. The number of nitrogens with zero attached hydrogens (tertiary/aromatic N) is 2. The maximum Gasteiger partial charge on any atom is 0.260 e. The maximum atomic E-state index is 14.9. The van der Waals surface area contributed by atoms with Crippen LogP contribution < -0.4 is 15.5 Å². The molecule has 2 heterocycles. The largest absolute Gasteiger partial charge is 0.474 e. The summed E-state index contributed by atoms with van der Waals surface area (Å²) in [7, 11) is 1.54. The van der Waals surface area contributed by atoms with Gasteiger partial charge in [0.15, 0.2) is 22.5 Å². The number of alkyl halides is 1. The van der Waals surface area contributed by atoms with Crippen LogP contribution in [-0.2, 0) is 20.1 Å². The van der Waals surface area contributed by atoms with Gasteiger partial charge in [-0.05, 0) is 24.6 Å². The number of H-pyrrole nitrogens is 1. The maximum absolute atomic E-state index is 14.9. The SMILES string of the molecule is COCCOc1n[nH]c2ncc(NC(=O)c3c(Cl)ccc(NOS(=O)CCCF)c3F)cc12. The fraction of sp³-hybridized carbons (Fsp3) is 0.316. The van der Waals surface area contributed by atoms with E-state index >= 15 is 0 Å². The highest BCUT2D eigenvalue weighted by atomic mass is 35.5. The number of carbonyl (C=O) groups excluding carboxylic acids is 1. The minimum atomic E-state index is -1.89. The molecule has 0 aliphatic carbocycles. The Labute approximate surface area is 194 Å². The first-order chi connectivity index (χ1) is 15.9. The summed E-state index contributed by atoms with van der Waals surface area (Å²) in [6.45, 7) is -0.0449. The second-order valence-electron chi connectivity index (χ2n) is 6.46. The zero-order chi connectivity index (χ0) is 23.8. The fourth-order valence-electron chi connectivity index (χ4n) is 2.62. The van der Waals surface area contributed by atoms with Crippen molar-refractivity contribution in [1.82, 2.24) is 15.2 Å². The number of fused-ring (bicyclic) bond motifs is 1. The Kier molecular flexibility index (Phi) is 8.88. The zero-order valence-electron chi connectivity index (χ0n) is 17.3. The van der Waals surface area contributed by atoms with Gasteiger partial charge in [-0.3, -0.25) is 14.3 Å². The summed E-state index contributed by atoms with van der Waals surface area (Å²) in [6, 6.07) is 4.04. The summed E-state index contributed by atoms with van der Waals surface area (Å²) in [6.07, 6.45) is 1.38. The molecule has 0 spiro atoms. The number of hydrogen-bond donors (Lipinski definition) is 3. The number of aromatic nitrogens is 3. The average Bonchev–Trinajstić information content (AvgIpc) is 3.19. The molecule has 1 amide bonds. The standard InChI is InChI=1S/C19H20ClF2N5O5S/c1-30-6-7-31-19-12-9-11(10-23-17(12)25-26-19)24-18(28)15-13(20)3-4-14(16(15)22)27-32-33(29)8-2-5-21/h3-4,9-10,27H,2,5-8H2,1H3,(H,24,28)(H,23,25,26). The molecule has 0 saturated carbocycles. The molecule has 2 aromatic heterocycles. The molecule has 1 aromatic carbocycles. The van der Waals surface area contributed by atoms with Gasteiger partial charge in [0, 0.05) is 7.11 Å². The monoisotopic (exact) mass is 503 g/mol. The van der Waals surface area contributed by atoms with E-state index in [2.05, 4.69) is 26.0 Å². The molecule has 3 N–H and O–H groups in total. The van der Waals surface area contributed by atoms with E-state index in [1.807, 2.05) is 0 Å². The first-order valence-electron chi connectivity index (χ1n) is 9.57. The molecule has 178 valence electrons. The third kappa shape index (κ3) is 6.35. The summed E-state index contributed by atoms with van der Waals surface area (Å²) >= 11 is 4.15. The quantitative estimate of drug-likeness (QED) is 0.253. The second-order valence-corrected chi connectivity index (χ2v) is 8.05. The van der Waals surface area contributed by atoms with Gasteiger partial charge >= 0.3 is 0 Å². The Morgan fingerprint density at radius 1 is 1.33 bits per heavy atom. The number of methoxy groups -OCH3 is 1. The number of ether oxygens (including phenoxy) is 2. The molecule has 1 unspecified atom stereocenters. The minimum Gasteiger partial charge on any atom is -0.474 e. The molecule has 0 aliphatic heterocycles. The Balaban J connectivity index is 1.76. The van der Waals surface area contributed by atoms with Gasteiger partial charge in [-0.2, -0.15) is 4.28 Å². The van der Waals surface area contributed by atoms with Crippen molar-refractivity contribution < 1.29 is 31.5 Å². The van der Waals surface area contributed by atoms with E-state index in [9.17, 15) is 17.8 Å². The van der Waals surface area contributed by atoms with Crippen LogP contribution >= 0.6 is 11.6 Å². The lowest BCUT2D eigenvalue weighted by Crippen LogP contribution is -2.17. The topological polar surface area (TPSA) is 127 Å². The van der Waals surface area contributed by atoms with E-state index in [-0.39, 0.29) is 41.1 Å². The Morgan fingerprint density at radius 2 is 2.15 bits per heavy atom. The summed E-state index contributed by atoms with van der Waals surface area (Å²) in [5, 5.41) is 9.57. The molecule has 0 bridgehead atoms. The molecule has 3 aromatic rings. The Hall–Kier alpha value is -2.87. The van der Waals surface area contributed by atoms with Gasteiger partial charge in [-0.15, -0.1) is 5.10 Å². The molecule has 3 rings (SSSR count). The summed E-state index contributed by atoms with van der Waals surface area (Å²) in [5.74, 6) is -1.69. The van der Waals surface area contributed by atoms with Crippen LogP contribution in [0.4, 0.5) is 20.2 Å². The van der Waals surface area contributed by atoms with Crippen LogP contribution in [0.5, 0.6) is 5.88 Å². The van der Waals surface area contributed by atoms with Crippen molar-refractivity contribution in [3.8, 4) is 5.88 Å². The Bertz CT molecular complexity index is 1150. The number of pyridine rings is 1. The number of hydrogen-bond acceptors (Lipinski definition) is 8. The van der Waals surface area contributed by atoms with Crippen LogP contribution in [0.2, 0.25) is 5.02 Å². The third-order valence-corrected chi connectivity index (χ3v) is 5.38. The van der Waals surface area contributed by atoms with Gasteiger partial charge in [0.05, 0.1) is 52.6 Å². The van der Waals surface area contributed by atoms with Crippen LogP contribution in [0.25, 0.3) is 11.0 Å². The molecule has 0 fully saturated rings. The van der Waals surface area contributed by atoms with Crippen LogP contribution in [0, 0.1) is 5.82 Å². The first-order valence-corrected chi connectivity index (χ1v) is 11.2. The lowest BCUT2D eigenvalue weighted by molar-refractivity contribution is 0.102. The fourth-order valence-corrected chi connectivity index (χ4v) is 3.46. The summed E-state index contributed by atoms with van der Waals surface area (Å²) < 4.78 is 53.9. The van der Waals surface area contributed by atoms with Gasteiger partial charge in [-0.1, -0.05) is 11.6 Å². The predicted octanol–water partition coefficient (Wildman–Crippen LogP) is 3.39. The summed E-state index contributed by atoms with van der Waals surface area (Å²) in [5.41, 5.74) is 2.10. The molecular weight excluding hydrogens is 484 g/mol. The number of aromatic amines is 1. The van der Waals surface area contributed by atoms with Crippen LogP contribution in [0.15, 0.2) is 24.4 Å². The van der Waals surface area contributed by atoms with Crippen molar-refractivity contribution in [2.45, 2.75) is 6.42 Å². The van der Waals surface area contributed by atoms with E-state index < -0.39 is 35.0 Å². The van der Waals surface area contributed by atoms with E-state index in [4.69, 9.17) is 25.4 Å². The van der Waals surface area contributed by atoms with Crippen molar-refractivity contribution in [2.24, 2.45) is 0 Å². The number of rotatable bonds is 12. The molecule has 0 saturated heterocycles. The van der Waals surface area contributed by atoms with E-state index in [0.717, 1.165) is 0 Å². The highest BCUT2D eigenvalue weighted by Gasteiger charge is 2.21. The average molecular weight is 504 g/mol. The van der Waals surface area contributed by atoms with Crippen LogP contribution in [0.1, 0.15) is 16.8 Å². The number of anilines is 2. The Morgan fingerprint density at radius 3 is 2.91 bits per heavy atom. The first kappa shape index (κ1) is 24.8. The number of amides is 1. The molecule has 33 heavy (non-hydrogen) atoms. The molecular formula is C19H20ClF2N5O5S. The molecule has 14 heteroatoms. The smallest absolute Gasteiger partial charge is 0.260 e. The highest BCUT2D eigenvalue weighted by Crippen LogP contribution is 2.28. The van der Waals surface area contributed by atoms with Crippen molar-refractivity contribution in [3.05, 3.63) is 40.8 Å². The van der Waals surface area contributed by atoms with Crippen molar-refractivity contribution in [3.63, 3.8) is 0 Å². The van der Waals surface area contributed by atoms with Gasteiger partial charge in [0.25, 0.3) is 5.91 Å². The summed E-state index contributed by atoms with van der Waals surface area (Å²) in [4.78, 5) is 16.9. The van der Waals surface area contributed by atoms with Crippen molar-refractivity contribution in [2.75, 3.05) is 43.5 Å². The third-order valence-electron chi connectivity index (χ3n) is 4.17. The van der Waals surface area contributed by atoms with Gasteiger partial charge in [0.1, 0.15) is 6.61 Å².